The van der Waals surface area contributed by atoms with E-state index < -0.39 is 0 Å². The van der Waals surface area contributed by atoms with Crippen molar-refractivity contribution in [1.82, 2.24) is 4.98 Å². The number of anilines is 1. The van der Waals surface area contributed by atoms with E-state index in [1.54, 1.807) is 18.4 Å². The maximum Gasteiger partial charge on any atom is 0.141 e. The number of nitrogens with zero attached hydrogens (tertiary/aromatic N) is 1. The van der Waals surface area contributed by atoms with Crippen molar-refractivity contribution in [1.29, 1.82) is 0 Å². The average molecular weight is 248 g/mol. The summed E-state index contributed by atoms with van der Waals surface area (Å²) in [6.07, 6.45) is 1.91. The molecule has 0 unspecified atom stereocenters. The maximum atomic E-state index is 5.32. The molecule has 0 saturated carbocycles. The van der Waals surface area contributed by atoms with Crippen LogP contribution in [-0.2, 0) is 6.54 Å². The summed E-state index contributed by atoms with van der Waals surface area (Å²) in [6, 6.07) is 6.11. The van der Waals surface area contributed by atoms with Gasteiger partial charge in [0, 0.05) is 11.1 Å². The summed E-state index contributed by atoms with van der Waals surface area (Å²) >= 11 is 1.71. The maximum absolute atomic E-state index is 5.32. The van der Waals surface area contributed by atoms with Gasteiger partial charge in [-0.25, -0.2) is 4.98 Å². The molecule has 0 amide bonds. The number of nitrogens with one attached hydrogen (secondary N) is 1. The molecule has 0 radical (unpaired) electrons. The molecule has 0 fully saturated rings. The Morgan fingerprint density at radius 1 is 1.35 bits per heavy atom. The third kappa shape index (κ3) is 2.97. The minimum absolute atomic E-state index is 0.783. The molecule has 0 saturated heterocycles. The average Bonchev–Trinajstić information content (AvgIpc) is 2.73. The Labute approximate surface area is 105 Å². The molecule has 0 aliphatic heterocycles. The van der Waals surface area contributed by atoms with E-state index in [2.05, 4.69) is 23.3 Å². The lowest BCUT2D eigenvalue weighted by Gasteiger charge is -2.10. The highest BCUT2D eigenvalue weighted by Crippen LogP contribution is 2.26. The van der Waals surface area contributed by atoms with Gasteiger partial charge in [-0.15, -0.1) is 11.3 Å². The molecule has 1 aromatic heterocycles. The summed E-state index contributed by atoms with van der Waals surface area (Å²) in [5.41, 5.74) is 2.24. The van der Waals surface area contributed by atoms with Crippen LogP contribution in [0.25, 0.3) is 0 Å². The molecule has 90 valence electrons. The molecule has 2 aromatic rings. The van der Waals surface area contributed by atoms with Crippen LogP contribution >= 0.6 is 11.3 Å². The molecule has 17 heavy (non-hydrogen) atoms. The van der Waals surface area contributed by atoms with E-state index in [0.717, 1.165) is 23.0 Å². The van der Waals surface area contributed by atoms with E-state index in [9.17, 15) is 0 Å². The smallest absolute Gasteiger partial charge is 0.141 e. The van der Waals surface area contributed by atoms with E-state index in [4.69, 9.17) is 4.74 Å². The Kier molecular flexibility index (Phi) is 3.64. The SMILES string of the molecule is COc1ccc(C)cc1NCc1cnc(C)s1. The van der Waals surface area contributed by atoms with Gasteiger partial charge in [-0.1, -0.05) is 6.07 Å². The standard InChI is InChI=1S/C13H16N2OS/c1-9-4-5-13(16-3)12(6-9)15-8-11-7-14-10(2)17-11/h4-7,15H,8H2,1-3H3. The number of hydrogen-bond acceptors (Lipinski definition) is 4. The van der Waals surface area contributed by atoms with Crippen LogP contribution in [0.2, 0.25) is 0 Å². The zero-order valence-corrected chi connectivity index (χ0v) is 11.1. The second-order valence-electron chi connectivity index (χ2n) is 3.90. The Morgan fingerprint density at radius 3 is 2.82 bits per heavy atom. The van der Waals surface area contributed by atoms with Crippen LogP contribution in [-0.4, -0.2) is 12.1 Å². The Hall–Kier alpha value is -1.55. The molecule has 0 aliphatic carbocycles. The lowest BCUT2D eigenvalue weighted by molar-refractivity contribution is 0.416. The summed E-state index contributed by atoms with van der Waals surface area (Å²) in [4.78, 5) is 5.46. The number of methoxy groups -OCH3 is 1. The van der Waals surface area contributed by atoms with Gasteiger partial charge in [0.05, 0.1) is 24.3 Å². The molecule has 0 aliphatic rings. The highest BCUT2D eigenvalue weighted by Gasteiger charge is 2.04. The fourth-order valence-electron chi connectivity index (χ4n) is 1.63. The van der Waals surface area contributed by atoms with Gasteiger partial charge in [-0.2, -0.15) is 0 Å². The van der Waals surface area contributed by atoms with Crippen molar-refractivity contribution in [3.05, 3.63) is 39.8 Å². The van der Waals surface area contributed by atoms with Crippen LogP contribution < -0.4 is 10.1 Å². The first-order chi connectivity index (χ1) is 8.19. The largest absolute Gasteiger partial charge is 0.495 e. The molecule has 0 atom stereocenters. The molecule has 1 N–H and O–H groups in total. The summed E-state index contributed by atoms with van der Waals surface area (Å²) in [6.45, 7) is 4.87. The van der Waals surface area contributed by atoms with Gasteiger partial charge in [0.25, 0.3) is 0 Å². The minimum atomic E-state index is 0.783. The van der Waals surface area contributed by atoms with E-state index >= 15 is 0 Å². The second-order valence-corrected chi connectivity index (χ2v) is 5.22. The van der Waals surface area contributed by atoms with Crippen LogP contribution in [0.15, 0.2) is 24.4 Å². The number of aryl methyl sites for hydroxylation is 2. The van der Waals surface area contributed by atoms with E-state index in [0.29, 0.717) is 0 Å². The summed E-state index contributed by atoms with van der Waals surface area (Å²) in [7, 11) is 1.69. The number of thiazole rings is 1. The highest BCUT2D eigenvalue weighted by atomic mass is 32.1. The van der Waals surface area contributed by atoms with E-state index in [1.165, 1.54) is 10.4 Å². The number of aromatic nitrogens is 1. The molecule has 0 spiro atoms. The normalized spacial score (nSPS) is 10.3. The number of benzene rings is 1. The first-order valence-corrected chi connectivity index (χ1v) is 6.30. The second kappa shape index (κ2) is 5.19. The molecular formula is C13H16N2OS. The van der Waals surface area contributed by atoms with Gasteiger partial charge in [0.1, 0.15) is 5.75 Å². The fraction of sp³-hybridized carbons (Fsp3) is 0.308. The molecule has 1 aromatic carbocycles. The van der Waals surface area contributed by atoms with Gasteiger partial charge < -0.3 is 10.1 Å². The van der Waals surface area contributed by atoms with Crippen LogP contribution in [0.1, 0.15) is 15.4 Å². The van der Waals surface area contributed by atoms with Crippen LogP contribution in [0.5, 0.6) is 5.75 Å². The molecule has 2 rings (SSSR count). The van der Waals surface area contributed by atoms with Gasteiger partial charge in [-0.05, 0) is 31.5 Å². The van der Waals surface area contributed by atoms with Crippen LogP contribution in [0.4, 0.5) is 5.69 Å². The van der Waals surface area contributed by atoms with Crippen LogP contribution in [0.3, 0.4) is 0 Å². The molecule has 4 heteroatoms. The molecule has 1 heterocycles. The monoisotopic (exact) mass is 248 g/mol. The van der Waals surface area contributed by atoms with Crippen molar-refractivity contribution in [2.24, 2.45) is 0 Å². The number of ether oxygens (including phenoxy) is 1. The predicted octanol–water partition coefficient (Wildman–Crippen LogP) is 3.38. The topological polar surface area (TPSA) is 34.1 Å². The highest BCUT2D eigenvalue weighted by molar-refractivity contribution is 7.11. The third-order valence-electron chi connectivity index (χ3n) is 2.48. The van der Waals surface area contributed by atoms with Crippen molar-refractivity contribution in [3.63, 3.8) is 0 Å². The number of hydrogen-bond donors (Lipinski definition) is 1. The van der Waals surface area contributed by atoms with Crippen molar-refractivity contribution in [3.8, 4) is 5.75 Å². The van der Waals surface area contributed by atoms with Gasteiger partial charge in [0.2, 0.25) is 0 Å². The first kappa shape index (κ1) is 11.9. The van der Waals surface area contributed by atoms with Crippen molar-refractivity contribution < 1.29 is 4.74 Å². The summed E-state index contributed by atoms with van der Waals surface area (Å²) in [5, 5.41) is 4.48. The minimum Gasteiger partial charge on any atom is -0.495 e. The van der Waals surface area contributed by atoms with Gasteiger partial charge >= 0.3 is 0 Å². The Balaban J connectivity index is 2.10. The zero-order valence-electron chi connectivity index (χ0n) is 10.3. The van der Waals surface area contributed by atoms with Crippen LogP contribution in [0, 0.1) is 13.8 Å². The lowest BCUT2D eigenvalue weighted by Crippen LogP contribution is -2.00. The Bertz CT molecular complexity index is 508. The van der Waals surface area contributed by atoms with Gasteiger partial charge in [-0.3, -0.25) is 0 Å². The van der Waals surface area contributed by atoms with Gasteiger partial charge in [0.15, 0.2) is 0 Å². The van der Waals surface area contributed by atoms with Crippen molar-refractivity contribution in [2.45, 2.75) is 20.4 Å². The molecule has 3 nitrogen and oxygen atoms in total. The number of rotatable bonds is 4. The summed E-state index contributed by atoms with van der Waals surface area (Å²) in [5.74, 6) is 0.872. The lowest BCUT2D eigenvalue weighted by atomic mass is 10.2. The third-order valence-corrected chi connectivity index (χ3v) is 3.39. The van der Waals surface area contributed by atoms with E-state index in [-0.39, 0.29) is 0 Å². The molecule has 0 bridgehead atoms. The quantitative estimate of drug-likeness (QED) is 0.900. The summed E-state index contributed by atoms with van der Waals surface area (Å²) < 4.78 is 5.32. The van der Waals surface area contributed by atoms with Crippen molar-refractivity contribution in [2.75, 3.05) is 12.4 Å². The first-order valence-electron chi connectivity index (χ1n) is 5.49. The fourth-order valence-corrected chi connectivity index (χ4v) is 2.36. The zero-order chi connectivity index (χ0) is 12.3. The van der Waals surface area contributed by atoms with E-state index in [1.807, 2.05) is 25.3 Å². The Morgan fingerprint density at radius 2 is 2.18 bits per heavy atom. The molecular weight excluding hydrogens is 232 g/mol. The predicted molar refractivity (Wildman–Crippen MR) is 71.9 cm³/mol. The van der Waals surface area contributed by atoms with Crippen molar-refractivity contribution >= 4 is 17.0 Å².